The van der Waals surface area contributed by atoms with Crippen LogP contribution < -0.4 is 0 Å². The summed E-state index contributed by atoms with van der Waals surface area (Å²) in [6, 6.07) is 8.20. The highest BCUT2D eigenvalue weighted by atomic mass is 31.2. The van der Waals surface area contributed by atoms with E-state index < -0.39 is 7.60 Å². The highest BCUT2D eigenvalue weighted by molar-refractivity contribution is 7.53. The Hall–Kier alpha value is -0.630. The highest BCUT2D eigenvalue weighted by Gasteiger charge is 2.22. The molecule has 0 N–H and O–H groups in total. The van der Waals surface area contributed by atoms with Gasteiger partial charge >= 0.3 is 7.60 Å². The second-order valence-electron chi connectivity index (χ2n) is 3.91. The van der Waals surface area contributed by atoms with E-state index in [9.17, 15) is 4.57 Å². The molecule has 0 fully saturated rings. The second kappa shape index (κ2) is 6.95. The van der Waals surface area contributed by atoms with E-state index in [1.54, 1.807) is 0 Å². The van der Waals surface area contributed by atoms with Gasteiger partial charge in [-0.2, -0.15) is 0 Å². The fraction of sp³-hybridized carbons (Fsp3) is 0.538. The first kappa shape index (κ1) is 14.4. The molecular weight excluding hydrogens is 235 g/mol. The lowest BCUT2D eigenvalue weighted by molar-refractivity contribution is 0.220. The molecule has 96 valence electrons. The van der Waals surface area contributed by atoms with Crippen LogP contribution in [0.3, 0.4) is 0 Å². The average molecular weight is 256 g/mol. The van der Waals surface area contributed by atoms with Gasteiger partial charge in [-0.25, -0.2) is 0 Å². The normalized spacial score (nSPS) is 11.7. The Labute approximate surface area is 104 Å². The monoisotopic (exact) mass is 256 g/mol. The number of benzene rings is 1. The van der Waals surface area contributed by atoms with E-state index in [1.165, 1.54) is 11.1 Å². The zero-order valence-electron chi connectivity index (χ0n) is 10.8. The molecule has 0 aliphatic heterocycles. The maximum atomic E-state index is 12.2. The Morgan fingerprint density at radius 1 is 1.18 bits per heavy atom. The van der Waals surface area contributed by atoms with Crippen LogP contribution in [0.15, 0.2) is 24.3 Å². The molecule has 0 aliphatic rings. The van der Waals surface area contributed by atoms with Crippen molar-refractivity contribution in [3.63, 3.8) is 0 Å². The third kappa shape index (κ3) is 5.03. The molecule has 0 bridgehead atoms. The van der Waals surface area contributed by atoms with Gasteiger partial charge in [0.25, 0.3) is 0 Å². The van der Waals surface area contributed by atoms with Crippen LogP contribution in [0.4, 0.5) is 0 Å². The number of hydrogen-bond acceptors (Lipinski definition) is 3. The lowest BCUT2D eigenvalue weighted by Crippen LogP contribution is -2.02. The van der Waals surface area contributed by atoms with Crippen LogP contribution in [0.2, 0.25) is 0 Å². The van der Waals surface area contributed by atoms with Gasteiger partial charge in [0.05, 0.1) is 19.4 Å². The van der Waals surface area contributed by atoms with Crippen molar-refractivity contribution in [2.75, 3.05) is 19.4 Å². The van der Waals surface area contributed by atoms with E-state index in [-0.39, 0.29) is 0 Å². The van der Waals surface area contributed by atoms with Crippen molar-refractivity contribution in [2.45, 2.75) is 27.2 Å². The van der Waals surface area contributed by atoms with Gasteiger partial charge in [0.1, 0.15) is 0 Å². The van der Waals surface area contributed by atoms with E-state index in [4.69, 9.17) is 9.05 Å². The molecule has 0 saturated heterocycles. The number of hydrogen-bond donors (Lipinski definition) is 0. The molecule has 0 radical (unpaired) electrons. The molecule has 0 aromatic heterocycles. The fourth-order valence-corrected chi connectivity index (χ4v) is 3.35. The molecule has 17 heavy (non-hydrogen) atoms. The van der Waals surface area contributed by atoms with E-state index in [1.807, 2.05) is 39.0 Å². The molecule has 4 heteroatoms. The van der Waals surface area contributed by atoms with E-state index in [0.717, 1.165) is 6.42 Å². The first-order valence-corrected chi connectivity index (χ1v) is 7.76. The molecule has 0 amide bonds. The summed E-state index contributed by atoms with van der Waals surface area (Å²) in [5.41, 5.74) is 2.38. The molecule has 0 spiro atoms. The first-order chi connectivity index (χ1) is 8.09. The van der Waals surface area contributed by atoms with Gasteiger partial charge in [-0.05, 0) is 32.8 Å². The predicted octanol–water partition coefficient (Wildman–Crippen LogP) is 3.80. The lowest BCUT2D eigenvalue weighted by Gasteiger charge is -2.16. The number of aryl methyl sites for hydroxylation is 2. The SMILES string of the molecule is CCOP(=O)(CCc1cccc(C)c1)OCC. The predicted molar refractivity (Wildman–Crippen MR) is 70.6 cm³/mol. The fourth-order valence-electron chi connectivity index (χ4n) is 1.69. The minimum atomic E-state index is -2.90. The highest BCUT2D eigenvalue weighted by Crippen LogP contribution is 2.48. The molecule has 1 aromatic rings. The van der Waals surface area contributed by atoms with Crippen LogP contribution in [0.25, 0.3) is 0 Å². The Morgan fingerprint density at radius 3 is 2.35 bits per heavy atom. The van der Waals surface area contributed by atoms with Gasteiger partial charge in [-0.15, -0.1) is 0 Å². The van der Waals surface area contributed by atoms with Crippen molar-refractivity contribution in [3.05, 3.63) is 35.4 Å². The van der Waals surface area contributed by atoms with Crippen molar-refractivity contribution >= 4 is 7.60 Å². The summed E-state index contributed by atoms with van der Waals surface area (Å²) in [4.78, 5) is 0. The zero-order valence-corrected chi connectivity index (χ0v) is 11.7. The third-order valence-electron chi connectivity index (χ3n) is 2.41. The topological polar surface area (TPSA) is 35.5 Å². The second-order valence-corrected chi connectivity index (χ2v) is 6.09. The number of rotatable bonds is 7. The van der Waals surface area contributed by atoms with Crippen LogP contribution in [-0.2, 0) is 20.0 Å². The van der Waals surface area contributed by atoms with Gasteiger partial charge < -0.3 is 9.05 Å². The molecular formula is C13H21O3P. The van der Waals surface area contributed by atoms with Crippen molar-refractivity contribution in [3.8, 4) is 0 Å². The Bertz CT molecular complexity index is 380. The van der Waals surface area contributed by atoms with Gasteiger partial charge in [-0.3, -0.25) is 4.57 Å². The summed E-state index contributed by atoms with van der Waals surface area (Å²) < 4.78 is 22.7. The van der Waals surface area contributed by atoms with Gasteiger partial charge in [0, 0.05) is 0 Å². The van der Waals surface area contributed by atoms with Gasteiger partial charge in [0.2, 0.25) is 0 Å². The molecule has 0 aliphatic carbocycles. The zero-order chi connectivity index (χ0) is 12.7. The first-order valence-electron chi connectivity index (χ1n) is 6.03. The molecule has 0 atom stereocenters. The van der Waals surface area contributed by atoms with Crippen molar-refractivity contribution in [1.29, 1.82) is 0 Å². The van der Waals surface area contributed by atoms with Crippen LogP contribution in [0.1, 0.15) is 25.0 Å². The average Bonchev–Trinajstić information content (AvgIpc) is 2.27. The smallest absolute Gasteiger partial charge is 0.309 e. The lowest BCUT2D eigenvalue weighted by atomic mass is 10.1. The molecule has 1 rings (SSSR count). The Morgan fingerprint density at radius 2 is 1.82 bits per heavy atom. The largest absolute Gasteiger partial charge is 0.330 e. The Kier molecular flexibility index (Phi) is 5.90. The summed E-state index contributed by atoms with van der Waals surface area (Å²) in [5.74, 6) is 0. The summed E-state index contributed by atoms with van der Waals surface area (Å²) >= 11 is 0. The minimum absolute atomic E-state index is 0.422. The van der Waals surface area contributed by atoms with Crippen molar-refractivity contribution in [2.24, 2.45) is 0 Å². The van der Waals surface area contributed by atoms with Crippen LogP contribution in [-0.4, -0.2) is 19.4 Å². The van der Waals surface area contributed by atoms with E-state index >= 15 is 0 Å². The van der Waals surface area contributed by atoms with Crippen molar-refractivity contribution in [1.82, 2.24) is 0 Å². The summed E-state index contributed by atoms with van der Waals surface area (Å²) in [6.07, 6.45) is 1.16. The molecule has 0 saturated carbocycles. The molecule has 3 nitrogen and oxygen atoms in total. The third-order valence-corrected chi connectivity index (χ3v) is 4.48. The molecule has 0 unspecified atom stereocenters. The quantitative estimate of drug-likeness (QED) is 0.696. The van der Waals surface area contributed by atoms with Crippen molar-refractivity contribution < 1.29 is 13.6 Å². The maximum absolute atomic E-state index is 12.2. The summed E-state index contributed by atoms with van der Waals surface area (Å²) in [5, 5.41) is 0. The maximum Gasteiger partial charge on any atom is 0.330 e. The van der Waals surface area contributed by atoms with Gasteiger partial charge in [0.15, 0.2) is 0 Å². The standard InChI is InChI=1S/C13H21O3P/c1-4-15-17(14,16-5-2)10-9-13-8-6-7-12(3)11-13/h6-8,11H,4-5,9-10H2,1-3H3. The van der Waals surface area contributed by atoms with E-state index in [2.05, 4.69) is 6.07 Å². The van der Waals surface area contributed by atoms with Crippen LogP contribution in [0, 0.1) is 6.92 Å². The van der Waals surface area contributed by atoms with E-state index in [0.29, 0.717) is 19.4 Å². The van der Waals surface area contributed by atoms with Gasteiger partial charge in [-0.1, -0.05) is 29.8 Å². The van der Waals surface area contributed by atoms with Crippen LogP contribution >= 0.6 is 7.60 Å². The molecule has 0 heterocycles. The van der Waals surface area contributed by atoms with Crippen LogP contribution in [0.5, 0.6) is 0 Å². The summed E-state index contributed by atoms with van der Waals surface area (Å²) in [6.45, 7) is 6.56. The summed E-state index contributed by atoms with van der Waals surface area (Å²) in [7, 11) is -2.90. The Balaban J connectivity index is 2.60. The minimum Gasteiger partial charge on any atom is -0.309 e. The molecule has 1 aromatic carbocycles.